The Morgan fingerprint density at radius 2 is 2.00 bits per heavy atom. The fraction of sp³-hybridized carbons (Fsp3) is 0.467. The minimum atomic E-state index is -4.48. The summed E-state index contributed by atoms with van der Waals surface area (Å²) >= 11 is 1.57. The van der Waals surface area contributed by atoms with Crippen molar-refractivity contribution in [3.63, 3.8) is 0 Å². The molecule has 0 radical (unpaired) electrons. The third-order valence-corrected chi connectivity index (χ3v) is 3.82. The lowest BCUT2D eigenvalue weighted by Gasteiger charge is -2.14. The molecule has 0 fully saturated rings. The standard InChI is InChI=1S/C15H20F3N3O2S/c1-9-3-4-10(13(22)20-8-15(16,17)18)7-12(9)21-14(23)11(19)5-6-24-2/h3-4,7,11H,5-6,8,19H2,1-2H3,(H,20,22)(H,21,23)/t11-/m0/s1. The van der Waals surface area contributed by atoms with Crippen LogP contribution in [-0.4, -0.2) is 42.6 Å². The van der Waals surface area contributed by atoms with Crippen molar-refractivity contribution in [1.82, 2.24) is 5.32 Å². The predicted molar refractivity (Wildman–Crippen MR) is 89.2 cm³/mol. The fourth-order valence-corrected chi connectivity index (χ4v) is 2.27. The van der Waals surface area contributed by atoms with Gasteiger partial charge in [0.05, 0.1) is 6.04 Å². The first kappa shape index (κ1) is 20.3. The molecular formula is C15H20F3N3O2S. The molecule has 9 heteroatoms. The fourth-order valence-electron chi connectivity index (χ4n) is 1.78. The number of carbonyl (C=O) groups is 2. The number of hydrogen-bond donors (Lipinski definition) is 3. The van der Waals surface area contributed by atoms with E-state index in [1.165, 1.54) is 12.1 Å². The van der Waals surface area contributed by atoms with Crippen LogP contribution in [0.15, 0.2) is 18.2 Å². The second-order valence-corrected chi connectivity index (χ2v) is 6.19. The number of thioether (sulfide) groups is 1. The molecular weight excluding hydrogens is 343 g/mol. The Balaban J connectivity index is 2.79. The lowest BCUT2D eigenvalue weighted by atomic mass is 10.1. The Hall–Kier alpha value is -1.74. The molecule has 1 rings (SSSR count). The summed E-state index contributed by atoms with van der Waals surface area (Å²) in [6, 6.07) is 3.58. The summed E-state index contributed by atoms with van der Waals surface area (Å²) < 4.78 is 36.5. The van der Waals surface area contributed by atoms with Gasteiger partial charge in [0.15, 0.2) is 0 Å². The molecule has 5 nitrogen and oxygen atoms in total. The third-order valence-electron chi connectivity index (χ3n) is 3.18. The molecule has 0 unspecified atom stereocenters. The minimum absolute atomic E-state index is 0.0258. The SMILES string of the molecule is CSCC[C@H](N)C(=O)Nc1cc(C(=O)NCC(F)(F)F)ccc1C. The number of carbonyl (C=O) groups excluding carboxylic acids is 2. The molecule has 24 heavy (non-hydrogen) atoms. The van der Waals surface area contributed by atoms with Crippen LogP contribution in [0.5, 0.6) is 0 Å². The quantitative estimate of drug-likeness (QED) is 0.694. The monoisotopic (exact) mass is 363 g/mol. The highest BCUT2D eigenvalue weighted by atomic mass is 32.2. The highest BCUT2D eigenvalue weighted by molar-refractivity contribution is 7.98. The predicted octanol–water partition coefficient (Wildman–Crippen LogP) is 2.31. The topological polar surface area (TPSA) is 84.2 Å². The zero-order chi connectivity index (χ0) is 18.3. The summed E-state index contributed by atoms with van der Waals surface area (Å²) in [5.74, 6) is -0.539. The van der Waals surface area contributed by atoms with Crippen LogP contribution < -0.4 is 16.4 Å². The van der Waals surface area contributed by atoms with Gasteiger partial charge in [0.1, 0.15) is 6.54 Å². The molecule has 1 atom stereocenters. The van der Waals surface area contributed by atoms with Gasteiger partial charge in [-0.05, 0) is 43.0 Å². The second kappa shape index (κ2) is 8.93. The number of rotatable bonds is 7. The first-order chi connectivity index (χ1) is 11.1. The molecule has 0 saturated carbocycles. The van der Waals surface area contributed by atoms with Gasteiger partial charge in [-0.15, -0.1) is 0 Å². The van der Waals surface area contributed by atoms with Crippen molar-refractivity contribution in [3.8, 4) is 0 Å². The molecule has 0 saturated heterocycles. The molecule has 0 aliphatic heterocycles. The average molecular weight is 363 g/mol. The van der Waals surface area contributed by atoms with E-state index >= 15 is 0 Å². The zero-order valence-electron chi connectivity index (χ0n) is 13.4. The maximum atomic E-state index is 12.2. The molecule has 0 spiro atoms. The van der Waals surface area contributed by atoms with Gasteiger partial charge in [0.2, 0.25) is 5.91 Å². The molecule has 1 aromatic carbocycles. The lowest BCUT2D eigenvalue weighted by Crippen LogP contribution is -2.36. The highest BCUT2D eigenvalue weighted by Gasteiger charge is 2.28. The lowest BCUT2D eigenvalue weighted by molar-refractivity contribution is -0.123. The molecule has 0 heterocycles. The zero-order valence-corrected chi connectivity index (χ0v) is 14.2. The maximum absolute atomic E-state index is 12.2. The normalized spacial score (nSPS) is 12.6. The van der Waals surface area contributed by atoms with Crippen molar-refractivity contribution in [3.05, 3.63) is 29.3 Å². The molecule has 0 aromatic heterocycles. The van der Waals surface area contributed by atoms with E-state index < -0.39 is 30.6 Å². The number of nitrogens with two attached hydrogens (primary N) is 1. The van der Waals surface area contributed by atoms with E-state index in [0.717, 1.165) is 5.75 Å². The van der Waals surface area contributed by atoms with Gasteiger partial charge in [-0.3, -0.25) is 9.59 Å². The van der Waals surface area contributed by atoms with E-state index in [4.69, 9.17) is 5.73 Å². The Morgan fingerprint density at radius 1 is 1.33 bits per heavy atom. The Labute approximate surface area is 142 Å². The van der Waals surface area contributed by atoms with Gasteiger partial charge < -0.3 is 16.4 Å². The number of halogens is 3. The third kappa shape index (κ3) is 6.79. The molecule has 0 aliphatic rings. The van der Waals surface area contributed by atoms with Gasteiger partial charge in [-0.25, -0.2) is 0 Å². The number of amides is 2. The van der Waals surface area contributed by atoms with Gasteiger partial charge in [-0.1, -0.05) is 6.07 Å². The molecule has 1 aromatic rings. The van der Waals surface area contributed by atoms with E-state index in [9.17, 15) is 22.8 Å². The first-order valence-corrected chi connectivity index (χ1v) is 8.54. The Morgan fingerprint density at radius 3 is 2.58 bits per heavy atom. The number of anilines is 1. The van der Waals surface area contributed by atoms with Crippen LogP contribution in [0.3, 0.4) is 0 Å². The molecule has 0 aliphatic carbocycles. The molecule has 0 bridgehead atoms. The largest absolute Gasteiger partial charge is 0.405 e. The molecule has 4 N–H and O–H groups in total. The number of alkyl halides is 3. The number of nitrogens with one attached hydrogen (secondary N) is 2. The smallest absolute Gasteiger partial charge is 0.343 e. The van der Waals surface area contributed by atoms with Crippen molar-refractivity contribution >= 4 is 29.3 Å². The van der Waals surface area contributed by atoms with Gasteiger partial charge in [0.25, 0.3) is 5.91 Å². The van der Waals surface area contributed by atoms with Gasteiger partial charge in [-0.2, -0.15) is 24.9 Å². The summed E-state index contributed by atoms with van der Waals surface area (Å²) in [5.41, 5.74) is 6.81. The minimum Gasteiger partial charge on any atom is -0.343 e. The molecule has 2 amide bonds. The van der Waals surface area contributed by atoms with E-state index in [0.29, 0.717) is 17.7 Å². The van der Waals surface area contributed by atoms with Crippen LogP contribution >= 0.6 is 11.8 Å². The summed E-state index contributed by atoms with van der Waals surface area (Å²) in [4.78, 5) is 23.8. The van der Waals surface area contributed by atoms with Crippen molar-refractivity contribution in [2.45, 2.75) is 25.6 Å². The van der Waals surface area contributed by atoms with E-state index in [1.54, 1.807) is 30.1 Å². The maximum Gasteiger partial charge on any atom is 0.405 e. The highest BCUT2D eigenvalue weighted by Crippen LogP contribution is 2.18. The van der Waals surface area contributed by atoms with Crippen LogP contribution in [0, 0.1) is 6.92 Å². The van der Waals surface area contributed by atoms with Crippen LogP contribution in [-0.2, 0) is 4.79 Å². The summed E-state index contributed by atoms with van der Waals surface area (Å²) in [6.45, 7) is 0.293. The second-order valence-electron chi connectivity index (χ2n) is 5.20. The van der Waals surface area contributed by atoms with Crippen molar-refractivity contribution in [1.29, 1.82) is 0 Å². The summed E-state index contributed by atoms with van der Waals surface area (Å²) in [5, 5.41) is 4.40. The van der Waals surface area contributed by atoms with Crippen molar-refractivity contribution < 1.29 is 22.8 Å². The van der Waals surface area contributed by atoms with E-state index in [-0.39, 0.29) is 5.56 Å². The van der Waals surface area contributed by atoms with Crippen molar-refractivity contribution in [2.75, 3.05) is 23.9 Å². The average Bonchev–Trinajstić information content (AvgIpc) is 2.51. The number of aryl methyl sites for hydroxylation is 1. The van der Waals surface area contributed by atoms with Gasteiger partial charge in [0, 0.05) is 11.3 Å². The molecule has 134 valence electrons. The van der Waals surface area contributed by atoms with E-state index in [2.05, 4.69) is 5.32 Å². The van der Waals surface area contributed by atoms with Crippen LogP contribution in [0.25, 0.3) is 0 Å². The Bertz CT molecular complexity index is 594. The van der Waals surface area contributed by atoms with E-state index in [1.807, 2.05) is 6.26 Å². The number of benzene rings is 1. The number of hydrogen-bond acceptors (Lipinski definition) is 4. The van der Waals surface area contributed by atoms with Crippen LogP contribution in [0.4, 0.5) is 18.9 Å². The van der Waals surface area contributed by atoms with Crippen LogP contribution in [0.1, 0.15) is 22.3 Å². The van der Waals surface area contributed by atoms with Gasteiger partial charge >= 0.3 is 6.18 Å². The Kier molecular flexibility index (Phi) is 7.56. The first-order valence-electron chi connectivity index (χ1n) is 7.15. The summed E-state index contributed by atoms with van der Waals surface area (Å²) in [6.07, 6.45) is -2.09. The van der Waals surface area contributed by atoms with Crippen LogP contribution in [0.2, 0.25) is 0 Å². The summed E-state index contributed by atoms with van der Waals surface area (Å²) in [7, 11) is 0. The van der Waals surface area contributed by atoms with Crippen molar-refractivity contribution in [2.24, 2.45) is 5.73 Å².